The number of pyridine rings is 2. The lowest BCUT2D eigenvalue weighted by Gasteiger charge is -2.36. The highest BCUT2D eigenvalue weighted by molar-refractivity contribution is 9.08. The van der Waals surface area contributed by atoms with Gasteiger partial charge in [0.15, 0.2) is 11.4 Å². The van der Waals surface area contributed by atoms with E-state index >= 15 is 0 Å². The number of ether oxygens (including phenoxy) is 2. The lowest BCUT2D eigenvalue weighted by molar-refractivity contribution is 0.00898. The molecular formula is C60H68BrN11O8. The number of amides is 6. The molecule has 2 atom stereocenters. The van der Waals surface area contributed by atoms with Gasteiger partial charge in [0, 0.05) is 55.0 Å². The topological polar surface area (TPSA) is 232 Å². The molecule has 2 aliphatic rings. The minimum atomic E-state index is -0.605. The number of aromatic nitrogens is 5. The number of carbonyl (C=O) groups excluding carboxylic acids is 6. The fraction of sp³-hybridized carbons (Fsp3) is 0.367. The Morgan fingerprint density at radius 2 is 1.01 bits per heavy atom. The molecule has 2 aliphatic heterocycles. The zero-order valence-electron chi connectivity index (χ0n) is 46.0. The average Bonchev–Trinajstić information content (AvgIpc) is 3.97. The number of benzene rings is 4. The maximum absolute atomic E-state index is 13.5. The fourth-order valence-electron chi connectivity index (χ4n) is 9.75. The summed E-state index contributed by atoms with van der Waals surface area (Å²) in [5, 5.41) is 20.0. The van der Waals surface area contributed by atoms with Gasteiger partial charge >= 0.3 is 12.2 Å². The van der Waals surface area contributed by atoms with Crippen molar-refractivity contribution in [1.29, 1.82) is 0 Å². The molecule has 418 valence electrons. The van der Waals surface area contributed by atoms with Gasteiger partial charge in [0.25, 0.3) is 23.6 Å². The second-order valence-corrected chi connectivity index (χ2v) is 22.2. The molecule has 5 heterocycles. The van der Waals surface area contributed by atoms with Crippen LogP contribution >= 0.6 is 15.9 Å². The number of anilines is 2. The monoisotopic (exact) mass is 1150 g/mol. The molecule has 0 bridgehead atoms. The van der Waals surface area contributed by atoms with Crippen molar-refractivity contribution < 1.29 is 38.2 Å². The lowest BCUT2D eigenvalue weighted by atomic mass is 9.99. The molecule has 3 aromatic heterocycles. The van der Waals surface area contributed by atoms with E-state index in [-0.39, 0.29) is 60.6 Å². The van der Waals surface area contributed by atoms with E-state index in [9.17, 15) is 28.8 Å². The van der Waals surface area contributed by atoms with Crippen molar-refractivity contribution in [2.45, 2.75) is 115 Å². The summed E-state index contributed by atoms with van der Waals surface area (Å²) in [6.07, 6.45) is 10.6. The highest BCUT2D eigenvalue weighted by Gasteiger charge is 2.33. The van der Waals surface area contributed by atoms with Crippen LogP contribution in [0.2, 0.25) is 0 Å². The van der Waals surface area contributed by atoms with E-state index < -0.39 is 23.0 Å². The molecule has 2 unspecified atom stereocenters. The van der Waals surface area contributed by atoms with E-state index in [2.05, 4.69) is 57.2 Å². The van der Waals surface area contributed by atoms with Crippen LogP contribution < -0.4 is 21.3 Å². The zero-order chi connectivity index (χ0) is 57.0. The first-order valence-corrected chi connectivity index (χ1v) is 28.0. The van der Waals surface area contributed by atoms with Crippen LogP contribution in [0.25, 0.3) is 21.5 Å². The normalized spacial score (nSPS) is 15.5. The first-order valence-electron chi connectivity index (χ1n) is 26.9. The standard InChI is InChI=1S/C31H35N7O4.C29H33BrN4O4/c1-31(2,3)42-30(41)38-16-7-6-9-22(38)17-34-29(40)27-26(12-8-15-33-27)36-28(39)25-14-13-21(18-37-20-32-19-35-37)23-10-4-5-11-24(23)25;1-29(2,3)38-28(37)34-16-7-6-9-20(34)18-32-27(36)25-24(12-8-15-31-25)33-26(35)23-14-13-19(17-30)21-10-4-5-11-22(21)23/h4-5,8,10-15,19-20,22H,6-7,9,16-18H2,1-3H3,(H,34,40)(H,36,39);4-5,8,10-15,20H,6-7,9,16-18H2,1-3H3,(H,32,36)(H,33,35). The molecule has 2 fully saturated rings. The van der Waals surface area contributed by atoms with E-state index in [1.54, 1.807) is 57.2 Å². The number of piperidine rings is 2. The molecule has 19 nitrogen and oxygen atoms in total. The number of hydrogen-bond acceptors (Lipinski definition) is 12. The van der Waals surface area contributed by atoms with Crippen LogP contribution in [0.1, 0.15) is 133 Å². The van der Waals surface area contributed by atoms with Crippen LogP contribution in [-0.4, -0.2) is 120 Å². The number of nitrogens with zero attached hydrogens (tertiary/aromatic N) is 7. The van der Waals surface area contributed by atoms with Crippen molar-refractivity contribution in [3.63, 3.8) is 0 Å². The summed E-state index contributed by atoms with van der Waals surface area (Å²) < 4.78 is 12.9. The molecule has 6 amide bonds. The van der Waals surface area contributed by atoms with Crippen LogP contribution in [-0.2, 0) is 21.3 Å². The fourth-order valence-corrected chi connectivity index (χ4v) is 10.2. The van der Waals surface area contributed by atoms with Crippen molar-refractivity contribution in [2.75, 3.05) is 36.8 Å². The minimum absolute atomic E-state index is 0.0950. The summed E-state index contributed by atoms with van der Waals surface area (Å²) in [4.78, 5) is 94.6. The van der Waals surface area contributed by atoms with Crippen LogP contribution in [0.4, 0.5) is 21.0 Å². The Kier molecular flexibility index (Phi) is 18.9. The van der Waals surface area contributed by atoms with Gasteiger partial charge < -0.3 is 40.5 Å². The number of alkyl halides is 1. The first kappa shape index (κ1) is 57.9. The average molecular weight is 1150 g/mol. The Hall–Kier alpha value is -8.26. The molecular weight excluding hydrogens is 1080 g/mol. The van der Waals surface area contributed by atoms with Gasteiger partial charge in [0.05, 0.1) is 30.0 Å². The van der Waals surface area contributed by atoms with Gasteiger partial charge in [0.2, 0.25) is 0 Å². The van der Waals surface area contributed by atoms with Crippen LogP contribution in [0.15, 0.2) is 122 Å². The van der Waals surface area contributed by atoms with E-state index in [0.717, 1.165) is 71.2 Å². The summed E-state index contributed by atoms with van der Waals surface area (Å²) in [5.41, 5.74) is 2.68. The Morgan fingerprint density at radius 3 is 1.45 bits per heavy atom. The summed E-state index contributed by atoms with van der Waals surface area (Å²) in [6, 6.07) is 29.0. The lowest BCUT2D eigenvalue weighted by Crippen LogP contribution is -2.50. The Morgan fingerprint density at radius 1 is 0.562 bits per heavy atom. The number of rotatable bonds is 13. The molecule has 9 rings (SSSR count). The third-order valence-corrected chi connectivity index (χ3v) is 14.1. The van der Waals surface area contributed by atoms with E-state index in [4.69, 9.17) is 9.47 Å². The van der Waals surface area contributed by atoms with Crippen molar-refractivity contribution in [3.8, 4) is 0 Å². The molecule has 7 aromatic rings. The molecule has 0 saturated carbocycles. The molecule has 2 saturated heterocycles. The van der Waals surface area contributed by atoms with Gasteiger partial charge in [-0.25, -0.2) is 29.2 Å². The number of carbonyl (C=O) groups is 6. The molecule has 0 aliphatic carbocycles. The Balaban J connectivity index is 0.000000211. The van der Waals surface area contributed by atoms with Gasteiger partial charge in [-0.2, -0.15) is 5.10 Å². The number of hydrogen-bond donors (Lipinski definition) is 4. The van der Waals surface area contributed by atoms with E-state index in [1.807, 2.05) is 102 Å². The minimum Gasteiger partial charge on any atom is -0.444 e. The first-order chi connectivity index (χ1) is 38.4. The number of fused-ring (bicyclic) bond motifs is 2. The predicted octanol–water partition coefficient (Wildman–Crippen LogP) is 10.5. The molecule has 80 heavy (non-hydrogen) atoms. The Labute approximate surface area is 473 Å². The van der Waals surface area contributed by atoms with Gasteiger partial charge in [-0.1, -0.05) is 76.6 Å². The predicted molar refractivity (Wildman–Crippen MR) is 310 cm³/mol. The zero-order valence-corrected chi connectivity index (χ0v) is 47.5. The number of halogens is 1. The summed E-state index contributed by atoms with van der Waals surface area (Å²) in [6.45, 7) is 13.2. The van der Waals surface area contributed by atoms with Crippen LogP contribution in [0, 0.1) is 0 Å². The van der Waals surface area contributed by atoms with Crippen LogP contribution in [0.3, 0.4) is 0 Å². The van der Waals surface area contributed by atoms with Gasteiger partial charge in [-0.3, -0.25) is 19.2 Å². The van der Waals surface area contributed by atoms with Gasteiger partial charge in [-0.15, -0.1) is 0 Å². The smallest absolute Gasteiger partial charge is 0.410 e. The SMILES string of the molecule is CC(C)(C)OC(=O)N1CCCCC1CNC(=O)c1ncccc1NC(=O)c1ccc(CBr)c2ccccc12.CC(C)(C)OC(=O)N1CCCCC1CNC(=O)c1ncccc1NC(=O)c1ccc(Cn2cncn2)c2ccccc12. The second kappa shape index (κ2) is 26.1. The highest BCUT2D eigenvalue weighted by Crippen LogP contribution is 2.29. The maximum Gasteiger partial charge on any atom is 0.410 e. The highest BCUT2D eigenvalue weighted by atomic mass is 79.9. The third kappa shape index (κ3) is 14.9. The van der Waals surface area contributed by atoms with Gasteiger partial charge in [0.1, 0.15) is 23.9 Å². The van der Waals surface area contributed by atoms with Crippen molar-refractivity contribution in [3.05, 3.63) is 156 Å². The summed E-state index contributed by atoms with van der Waals surface area (Å²) in [7, 11) is 0. The third-order valence-electron chi connectivity index (χ3n) is 13.5. The van der Waals surface area contributed by atoms with Crippen molar-refractivity contribution >= 4 is 84.7 Å². The molecule has 4 aromatic carbocycles. The summed E-state index contributed by atoms with van der Waals surface area (Å²) in [5.74, 6) is -1.54. The number of likely N-dealkylation sites (tertiary alicyclic amines) is 2. The Bertz CT molecular complexity index is 3360. The molecule has 0 radical (unpaired) electrons. The van der Waals surface area contributed by atoms with E-state index in [0.29, 0.717) is 47.5 Å². The molecule has 4 N–H and O–H groups in total. The van der Waals surface area contributed by atoms with Crippen molar-refractivity contribution in [2.24, 2.45) is 0 Å². The largest absolute Gasteiger partial charge is 0.444 e. The van der Waals surface area contributed by atoms with Crippen molar-refractivity contribution in [1.82, 2.24) is 45.2 Å². The quantitative estimate of drug-likeness (QED) is 0.0790. The van der Waals surface area contributed by atoms with Crippen LogP contribution in [0.5, 0.6) is 0 Å². The second-order valence-electron chi connectivity index (χ2n) is 21.6. The van der Waals surface area contributed by atoms with Gasteiger partial charge in [-0.05, 0) is 149 Å². The molecule has 20 heteroatoms. The summed E-state index contributed by atoms with van der Waals surface area (Å²) >= 11 is 3.51. The maximum atomic E-state index is 13.5. The number of nitrogens with one attached hydrogen (secondary N) is 4. The molecule has 0 spiro atoms. The van der Waals surface area contributed by atoms with E-state index in [1.165, 1.54) is 18.7 Å².